The van der Waals surface area contributed by atoms with Crippen molar-refractivity contribution in [3.63, 3.8) is 0 Å². The molecule has 2 aromatic carbocycles. The van der Waals surface area contributed by atoms with Crippen LogP contribution in [0.25, 0.3) is 11.2 Å². The first-order chi connectivity index (χ1) is 17.4. The van der Waals surface area contributed by atoms with E-state index in [-0.39, 0.29) is 12.5 Å². The van der Waals surface area contributed by atoms with Crippen LogP contribution in [0.3, 0.4) is 0 Å². The van der Waals surface area contributed by atoms with Crippen LogP contribution in [0.5, 0.6) is 11.5 Å². The Morgan fingerprint density at radius 3 is 2.31 bits per heavy atom. The number of H-pyrrole nitrogens is 1. The van der Waals surface area contributed by atoms with Gasteiger partial charge in [0.25, 0.3) is 5.56 Å². The van der Waals surface area contributed by atoms with Gasteiger partial charge in [0.1, 0.15) is 11.5 Å². The van der Waals surface area contributed by atoms with Crippen molar-refractivity contribution in [1.82, 2.24) is 24.0 Å². The minimum absolute atomic E-state index is 0.0950. The van der Waals surface area contributed by atoms with Gasteiger partial charge in [0.15, 0.2) is 11.2 Å². The van der Waals surface area contributed by atoms with E-state index in [2.05, 4.69) is 20.2 Å². The zero-order valence-corrected chi connectivity index (χ0v) is 20.1. The molecule has 186 valence electrons. The third-order valence-corrected chi connectivity index (χ3v) is 6.24. The number of nitrogens with zero attached hydrogens (tertiary/aromatic N) is 5. The van der Waals surface area contributed by atoms with E-state index in [0.29, 0.717) is 54.7 Å². The maximum Gasteiger partial charge on any atom is 0.332 e. The number of piperazine rings is 1. The first-order valence-corrected chi connectivity index (χ1v) is 11.6. The first-order valence-electron chi connectivity index (χ1n) is 11.6. The molecule has 4 aromatic rings. The third-order valence-electron chi connectivity index (χ3n) is 6.24. The average molecular weight is 490 g/mol. The van der Waals surface area contributed by atoms with Gasteiger partial charge in [-0.2, -0.15) is 4.98 Å². The minimum atomic E-state index is -0.417. The smallest absolute Gasteiger partial charge is 0.332 e. The van der Waals surface area contributed by atoms with Crippen molar-refractivity contribution < 1.29 is 9.53 Å². The predicted molar refractivity (Wildman–Crippen MR) is 137 cm³/mol. The van der Waals surface area contributed by atoms with Gasteiger partial charge in [-0.15, -0.1) is 0 Å². The van der Waals surface area contributed by atoms with Crippen molar-refractivity contribution in [1.29, 1.82) is 0 Å². The van der Waals surface area contributed by atoms with Crippen LogP contribution in [0.4, 0.5) is 11.6 Å². The van der Waals surface area contributed by atoms with E-state index in [1.165, 1.54) is 11.6 Å². The molecular formula is C25H27N7O4. The molecule has 0 spiro atoms. The van der Waals surface area contributed by atoms with Crippen LogP contribution in [-0.4, -0.2) is 62.6 Å². The van der Waals surface area contributed by atoms with Crippen LogP contribution in [-0.2, 0) is 18.9 Å². The van der Waals surface area contributed by atoms with Gasteiger partial charge in [-0.05, 0) is 36.4 Å². The number of anilines is 2. The van der Waals surface area contributed by atoms with Gasteiger partial charge in [-0.1, -0.05) is 18.2 Å². The number of ether oxygens (including phenoxy) is 1. The van der Waals surface area contributed by atoms with Crippen molar-refractivity contribution in [3.8, 4) is 11.5 Å². The molecule has 0 aliphatic carbocycles. The number of carbonyl (C=O) groups excluding carboxylic acids is 1. The summed E-state index contributed by atoms with van der Waals surface area (Å²) in [6.45, 7) is 2.85. The van der Waals surface area contributed by atoms with Crippen LogP contribution >= 0.6 is 0 Å². The number of carbonyl (C=O) groups is 1. The van der Waals surface area contributed by atoms with Crippen molar-refractivity contribution in [2.75, 3.05) is 42.9 Å². The molecular weight excluding hydrogens is 462 g/mol. The summed E-state index contributed by atoms with van der Waals surface area (Å²) in [5.41, 5.74) is 0.520. The molecule has 0 saturated carbocycles. The molecule has 1 amide bonds. The summed E-state index contributed by atoms with van der Waals surface area (Å²) in [5, 5.41) is 2.93. The zero-order chi connectivity index (χ0) is 25.2. The average Bonchev–Trinajstić information content (AvgIpc) is 3.34. The van der Waals surface area contributed by atoms with Crippen LogP contribution in [0.1, 0.15) is 0 Å². The summed E-state index contributed by atoms with van der Waals surface area (Å²) in [6, 6.07) is 16.8. The number of fused-ring (bicyclic) bond motifs is 1. The second kappa shape index (κ2) is 9.70. The minimum Gasteiger partial charge on any atom is -0.457 e. The van der Waals surface area contributed by atoms with E-state index >= 15 is 0 Å². The maximum atomic E-state index is 12.6. The van der Waals surface area contributed by atoms with Gasteiger partial charge < -0.3 is 19.9 Å². The van der Waals surface area contributed by atoms with Gasteiger partial charge in [0, 0.05) is 46.0 Å². The van der Waals surface area contributed by atoms with E-state index < -0.39 is 11.2 Å². The molecule has 0 radical (unpaired) electrons. The number of para-hydroxylation sites is 1. The molecule has 36 heavy (non-hydrogen) atoms. The summed E-state index contributed by atoms with van der Waals surface area (Å²) in [4.78, 5) is 48.8. The number of hydrogen-bond acceptors (Lipinski definition) is 7. The molecule has 1 aliphatic heterocycles. The number of aromatic nitrogens is 4. The lowest BCUT2D eigenvalue weighted by Gasteiger charge is -2.34. The lowest BCUT2D eigenvalue weighted by Crippen LogP contribution is -2.49. The molecule has 0 unspecified atom stereocenters. The topological polar surface area (TPSA) is 117 Å². The molecule has 0 bridgehead atoms. The van der Waals surface area contributed by atoms with E-state index in [0.717, 1.165) is 10.3 Å². The fraction of sp³-hybridized carbons (Fsp3) is 0.280. The van der Waals surface area contributed by atoms with E-state index in [9.17, 15) is 14.4 Å². The van der Waals surface area contributed by atoms with Crippen LogP contribution < -0.4 is 26.2 Å². The number of aromatic amines is 1. The van der Waals surface area contributed by atoms with Gasteiger partial charge in [-0.3, -0.25) is 23.6 Å². The van der Waals surface area contributed by atoms with E-state index in [4.69, 9.17) is 4.74 Å². The summed E-state index contributed by atoms with van der Waals surface area (Å²) in [5.74, 6) is 1.90. The number of nitrogens with one attached hydrogen (secondary N) is 2. The summed E-state index contributed by atoms with van der Waals surface area (Å²) in [7, 11) is 3.04. The fourth-order valence-electron chi connectivity index (χ4n) is 4.22. The van der Waals surface area contributed by atoms with Crippen molar-refractivity contribution >= 4 is 28.7 Å². The molecule has 2 aromatic heterocycles. The Bertz CT molecular complexity index is 1500. The Balaban J connectivity index is 1.15. The van der Waals surface area contributed by atoms with Crippen molar-refractivity contribution in [3.05, 3.63) is 75.4 Å². The normalized spacial score (nSPS) is 14.2. The van der Waals surface area contributed by atoms with E-state index in [1.807, 2.05) is 59.5 Å². The molecule has 11 heteroatoms. The highest BCUT2D eigenvalue weighted by molar-refractivity contribution is 5.92. The summed E-state index contributed by atoms with van der Waals surface area (Å²) >= 11 is 0. The van der Waals surface area contributed by atoms with Gasteiger partial charge in [0.2, 0.25) is 11.9 Å². The predicted octanol–water partition coefficient (Wildman–Crippen LogP) is 1.51. The molecule has 3 heterocycles. The van der Waals surface area contributed by atoms with Crippen LogP contribution in [0.15, 0.2) is 64.2 Å². The molecule has 1 aliphatic rings. The number of hydrogen-bond donors (Lipinski definition) is 2. The highest BCUT2D eigenvalue weighted by atomic mass is 16.5. The van der Waals surface area contributed by atoms with Gasteiger partial charge >= 0.3 is 5.69 Å². The second-order valence-electron chi connectivity index (χ2n) is 8.72. The molecule has 11 nitrogen and oxygen atoms in total. The monoisotopic (exact) mass is 489 g/mol. The Kier molecular flexibility index (Phi) is 6.30. The number of amides is 1. The third kappa shape index (κ3) is 4.73. The maximum absolute atomic E-state index is 12.6. The van der Waals surface area contributed by atoms with Gasteiger partial charge in [0.05, 0.1) is 6.54 Å². The number of rotatable bonds is 6. The SMILES string of the molecule is Cn1c(=O)c2[nH]c(N3CCN(CC(=O)Nc4ccc(Oc5ccccc5)cc4)CC3)nc2n(C)c1=O. The molecule has 1 fully saturated rings. The molecule has 0 atom stereocenters. The highest BCUT2D eigenvalue weighted by Gasteiger charge is 2.23. The largest absolute Gasteiger partial charge is 0.457 e. The quantitative estimate of drug-likeness (QED) is 0.422. The van der Waals surface area contributed by atoms with Gasteiger partial charge in [-0.25, -0.2) is 4.79 Å². The lowest BCUT2D eigenvalue weighted by atomic mass is 10.3. The summed E-state index contributed by atoms with van der Waals surface area (Å²) < 4.78 is 8.20. The number of aryl methyl sites for hydroxylation is 1. The summed E-state index contributed by atoms with van der Waals surface area (Å²) in [6.07, 6.45) is 0. The lowest BCUT2D eigenvalue weighted by molar-refractivity contribution is -0.117. The number of imidazole rings is 1. The Hall–Kier alpha value is -4.38. The van der Waals surface area contributed by atoms with E-state index in [1.54, 1.807) is 7.05 Å². The van der Waals surface area contributed by atoms with Crippen molar-refractivity contribution in [2.24, 2.45) is 14.1 Å². The fourth-order valence-corrected chi connectivity index (χ4v) is 4.22. The molecule has 2 N–H and O–H groups in total. The number of benzene rings is 2. The van der Waals surface area contributed by atoms with Crippen molar-refractivity contribution in [2.45, 2.75) is 0 Å². The Morgan fingerprint density at radius 1 is 0.944 bits per heavy atom. The molecule has 1 saturated heterocycles. The van der Waals surface area contributed by atoms with Crippen LogP contribution in [0, 0.1) is 0 Å². The Morgan fingerprint density at radius 2 is 1.61 bits per heavy atom. The second-order valence-corrected chi connectivity index (χ2v) is 8.72. The highest BCUT2D eigenvalue weighted by Crippen LogP contribution is 2.22. The standard InChI is InChI=1S/C25H27N7O4/c1-29-22-21(23(34)30(2)25(29)35)27-24(28-22)32-14-12-31(13-15-32)16-20(33)26-17-8-10-19(11-9-17)36-18-6-4-3-5-7-18/h3-11H,12-16H2,1-2H3,(H,26,33)(H,27,28). The Labute approximate surface area is 206 Å². The zero-order valence-electron chi connectivity index (χ0n) is 20.1. The first kappa shape index (κ1) is 23.4. The van der Waals surface area contributed by atoms with Crippen LogP contribution in [0.2, 0.25) is 0 Å². The molecule has 5 rings (SSSR count).